The van der Waals surface area contributed by atoms with Crippen molar-refractivity contribution < 1.29 is 22.4 Å². The van der Waals surface area contributed by atoms with Crippen molar-refractivity contribution in [1.82, 2.24) is 10.2 Å². The van der Waals surface area contributed by atoms with Gasteiger partial charge >= 0.3 is 0 Å². The van der Waals surface area contributed by atoms with Crippen LogP contribution in [0.5, 0.6) is 0 Å². The molecule has 39 heavy (non-hydrogen) atoms. The molecule has 0 saturated heterocycles. The molecule has 1 atom stereocenters. The Morgan fingerprint density at radius 1 is 0.974 bits per heavy atom. The molecule has 2 amide bonds. The zero-order valence-corrected chi connectivity index (χ0v) is 24.0. The zero-order valence-electron chi connectivity index (χ0n) is 22.4. The normalized spacial score (nSPS) is 12.1. The average Bonchev–Trinajstić information content (AvgIpc) is 2.89. The number of likely N-dealkylation sites (N-methyl/N-ethyl adjacent to an activating group) is 1. The number of nitrogens with zero attached hydrogens (tertiary/aromatic N) is 2. The summed E-state index contributed by atoms with van der Waals surface area (Å²) in [7, 11) is -4.18. The van der Waals surface area contributed by atoms with Crippen LogP contribution < -0.4 is 9.62 Å². The van der Waals surface area contributed by atoms with Gasteiger partial charge in [0.25, 0.3) is 10.0 Å². The van der Waals surface area contributed by atoms with Gasteiger partial charge in [0.1, 0.15) is 18.4 Å². The van der Waals surface area contributed by atoms with Crippen LogP contribution in [0, 0.1) is 19.7 Å². The Hall–Kier alpha value is -3.43. The van der Waals surface area contributed by atoms with E-state index in [2.05, 4.69) is 5.32 Å². The number of rotatable bonds is 11. The number of halogens is 2. The number of benzene rings is 3. The number of sulfonamides is 1. The number of nitrogens with one attached hydrogen (secondary N) is 1. The Bertz CT molecular complexity index is 1410. The predicted octanol–water partition coefficient (Wildman–Crippen LogP) is 5.23. The number of anilines is 1. The van der Waals surface area contributed by atoms with Crippen molar-refractivity contribution >= 4 is 39.1 Å². The van der Waals surface area contributed by atoms with Crippen molar-refractivity contribution in [3.63, 3.8) is 0 Å². The molecular formula is C29H33ClFN3O4S. The van der Waals surface area contributed by atoms with Gasteiger partial charge in [-0.15, -0.1) is 0 Å². The summed E-state index contributed by atoms with van der Waals surface area (Å²) in [6.07, 6.45) is 0.295. The van der Waals surface area contributed by atoms with E-state index in [0.717, 1.165) is 9.87 Å². The fourth-order valence-electron chi connectivity index (χ4n) is 4.25. The second kappa shape index (κ2) is 13.1. The van der Waals surface area contributed by atoms with Gasteiger partial charge in [-0.2, -0.15) is 0 Å². The average molecular weight is 574 g/mol. The summed E-state index contributed by atoms with van der Waals surface area (Å²) in [5.41, 5.74) is 2.34. The quantitative estimate of drug-likeness (QED) is 0.340. The Balaban J connectivity index is 2.09. The molecule has 0 aromatic heterocycles. The maximum absolute atomic E-state index is 14.0. The number of amides is 2. The lowest BCUT2D eigenvalue weighted by atomic mass is 10.1. The third-order valence-corrected chi connectivity index (χ3v) is 8.33. The molecule has 0 heterocycles. The van der Waals surface area contributed by atoms with Gasteiger partial charge in [0.2, 0.25) is 11.8 Å². The highest BCUT2D eigenvalue weighted by Crippen LogP contribution is 2.29. The molecule has 10 heteroatoms. The topological polar surface area (TPSA) is 86.8 Å². The molecule has 0 saturated carbocycles. The maximum atomic E-state index is 14.0. The van der Waals surface area contributed by atoms with E-state index in [9.17, 15) is 22.4 Å². The number of aryl methyl sites for hydroxylation is 2. The van der Waals surface area contributed by atoms with E-state index in [1.807, 2.05) is 6.92 Å². The lowest BCUT2D eigenvalue weighted by Gasteiger charge is -2.33. The minimum absolute atomic E-state index is 0.00717. The summed E-state index contributed by atoms with van der Waals surface area (Å²) in [4.78, 5) is 28.3. The van der Waals surface area contributed by atoms with Crippen LogP contribution in [0.25, 0.3) is 0 Å². The van der Waals surface area contributed by atoms with Gasteiger partial charge in [0.15, 0.2) is 0 Å². The van der Waals surface area contributed by atoms with Gasteiger partial charge in [0.05, 0.1) is 10.6 Å². The number of hydrogen-bond donors (Lipinski definition) is 1. The van der Waals surface area contributed by atoms with Crippen molar-refractivity contribution in [2.45, 2.75) is 51.6 Å². The summed E-state index contributed by atoms with van der Waals surface area (Å²) in [6.45, 7) is 6.91. The number of hydrogen-bond acceptors (Lipinski definition) is 4. The van der Waals surface area contributed by atoms with Crippen molar-refractivity contribution in [1.29, 1.82) is 0 Å². The summed E-state index contributed by atoms with van der Waals surface area (Å²) in [5, 5.41) is 3.18. The van der Waals surface area contributed by atoms with E-state index < -0.39 is 34.3 Å². The molecule has 7 nitrogen and oxygen atoms in total. The number of carbonyl (C=O) groups is 2. The first-order chi connectivity index (χ1) is 18.5. The molecule has 0 radical (unpaired) electrons. The molecule has 0 fully saturated rings. The van der Waals surface area contributed by atoms with Crippen LogP contribution in [0.3, 0.4) is 0 Å². The predicted molar refractivity (Wildman–Crippen MR) is 152 cm³/mol. The molecule has 3 rings (SSSR count). The van der Waals surface area contributed by atoms with Crippen LogP contribution in [-0.2, 0) is 26.2 Å². The van der Waals surface area contributed by atoms with E-state index in [0.29, 0.717) is 34.8 Å². The smallest absolute Gasteiger partial charge is 0.264 e. The Kier molecular flexibility index (Phi) is 10.1. The summed E-state index contributed by atoms with van der Waals surface area (Å²) in [6, 6.07) is 15.8. The molecular weight excluding hydrogens is 541 g/mol. The van der Waals surface area contributed by atoms with E-state index >= 15 is 0 Å². The molecule has 0 aliphatic rings. The first-order valence-corrected chi connectivity index (χ1v) is 14.5. The Labute approximate surface area is 234 Å². The van der Waals surface area contributed by atoms with Gasteiger partial charge in [-0.3, -0.25) is 13.9 Å². The monoisotopic (exact) mass is 573 g/mol. The maximum Gasteiger partial charge on any atom is 0.264 e. The van der Waals surface area contributed by atoms with Crippen LogP contribution >= 0.6 is 11.6 Å². The van der Waals surface area contributed by atoms with Crippen molar-refractivity contribution in [3.8, 4) is 0 Å². The summed E-state index contributed by atoms with van der Waals surface area (Å²) >= 11 is 6.14. The standard InChI is InChI=1S/C29H33ClFN3O4S/c1-5-26(29(36)32-6-2)33(18-22-9-12-24(31)13-10-22)28(35)19-34(27-16-11-23(30)17-21(27)4)39(37,38)25-14-7-20(3)8-15-25/h7-17,26H,5-6,18-19H2,1-4H3,(H,32,36). The summed E-state index contributed by atoms with van der Waals surface area (Å²) < 4.78 is 42.4. The van der Waals surface area contributed by atoms with Gasteiger partial charge < -0.3 is 10.2 Å². The third-order valence-electron chi connectivity index (χ3n) is 6.32. The molecule has 0 aliphatic heterocycles. The van der Waals surface area contributed by atoms with E-state index in [4.69, 9.17) is 11.6 Å². The van der Waals surface area contributed by atoms with Crippen LogP contribution in [-0.4, -0.2) is 44.3 Å². The molecule has 1 N–H and O–H groups in total. The molecule has 0 spiro atoms. The van der Waals surface area contributed by atoms with Gasteiger partial charge in [-0.25, -0.2) is 12.8 Å². The Morgan fingerprint density at radius 2 is 1.62 bits per heavy atom. The first kappa shape index (κ1) is 30.1. The van der Waals surface area contributed by atoms with Crippen molar-refractivity contribution in [2.24, 2.45) is 0 Å². The molecule has 0 aliphatic carbocycles. The second-order valence-corrected chi connectivity index (χ2v) is 11.5. The molecule has 3 aromatic rings. The van der Waals surface area contributed by atoms with E-state index in [1.54, 1.807) is 51.1 Å². The lowest BCUT2D eigenvalue weighted by molar-refractivity contribution is -0.140. The van der Waals surface area contributed by atoms with E-state index in [1.165, 1.54) is 41.3 Å². The SMILES string of the molecule is CCNC(=O)C(CC)N(Cc1ccc(F)cc1)C(=O)CN(c1ccc(Cl)cc1C)S(=O)(=O)c1ccc(C)cc1. The lowest BCUT2D eigenvalue weighted by Crippen LogP contribution is -2.52. The highest BCUT2D eigenvalue weighted by atomic mass is 35.5. The van der Waals surface area contributed by atoms with Crippen LogP contribution in [0.1, 0.15) is 37.0 Å². The third kappa shape index (κ3) is 7.36. The van der Waals surface area contributed by atoms with Gasteiger partial charge in [-0.05, 0) is 80.8 Å². The van der Waals surface area contributed by atoms with Crippen molar-refractivity contribution in [3.05, 3.63) is 94.3 Å². The largest absolute Gasteiger partial charge is 0.355 e. The molecule has 208 valence electrons. The fraction of sp³-hybridized carbons (Fsp3) is 0.310. The fourth-order valence-corrected chi connectivity index (χ4v) is 5.95. The van der Waals surface area contributed by atoms with Crippen LogP contribution in [0.15, 0.2) is 71.6 Å². The molecule has 0 bridgehead atoms. The second-order valence-electron chi connectivity index (χ2n) is 9.22. The highest BCUT2D eigenvalue weighted by molar-refractivity contribution is 7.92. The van der Waals surface area contributed by atoms with Crippen LogP contribution in [0.2, 0.25) is 5.02 Å². The highest BCUT2D eigenvalue weighted by Gasteiger charge is 2.34. The summed E-state index contributed by atoms with van der Waals surface area (Å²) in [5.74, 6) is -1.37. The molecule has 1 unspecified atom stereocenters. The van der Waals surface area contributed by atoms with Gasteiger partial charge in [0, 0.05) is 18.1 Å². The minimum atomic E-state index is -4.18. The Morgan fingerprint density at radius 3 is 2.18 bits per heavy atom. The molecule has 3 aromatic carbocycles. The van der Waals surface area contributed by atoms with Crippen molar-refractivity contribution in [2.75, 3.05) is 17.4 Å². The zero-order chi connectivity index (χ0) is 28.7. The van der Waals surface area contributed by atoms with Crippen LogP contribution in [0.4, 0.5) is 10.1 Å². The first-order valence-electron chi connectivity index (χ1n) is 12.6. The number of carbonyl (C=O) groups excluding carboxylic acids is 2. The van der Waals surface area contributed by atoms with E-state index in [-0.39, 0.29) is 17.3 Å². The van der Waals surface area contributed by atoms with Gasteiger partial charge in [-0.1, -0.05) is 48.4 Å². The minimum Gasteiger partial charge on any atom is -0.355 e.